The molecule has 3 nitrogen and oxygen atoms in total. The van der Waals surface area contributed by atoms with Crippen LogP contribution in [0.1, 0.15) is 73.1 Å². The van der Waals surface area contributed by atoms with Crippen LogP contribution in [0.25, 0.3) is 0 Å². The molecular weight excluding hydrogens is 260 g/mol. The largest absolute Gasteiger partial charge is 0.378 e. The number of rotatable bonds is 4. The van der Waals surface area contributed by atoms with Gasteiger partial charge in [-0.15, -0.1) is 0 Å². The van der Waals surface area contributed by atoms with Crippen LogP contribution in [0.3, 0.4) is 0 Å². The van der Waals surface area contributed by atoms with Crippen molar-refractivity contribution in [3.05, 3.63) is 0 Å². The minimum Gasteiger partial charge on any atom is -0.378 e. The van der Waals surface area contributed by atoms with Gasteiger partial charge >= 0.3 is 0 Å². The molecule has 0 unspecified atom stereocenters. The van der Waals surface area contributed by atoms with Gasteiger partial charge in [0.15, 0.2) is 0 Å². The van der Waals surface area contributed by atoms with E-state index < -0.39 is 0 Å². The minimum absolute atomic E-state index is 0.231. The average Bonchev–Trinajstić information content (AvgIpc) is 2.20. The average molecular weight is 294 g/mol. The molecule has 2 N–H and O–H groups in total. The Morgan fingerprint density at radius 2 is 1.71 bits per heavy atom. The van der Waals surface area contributed by atoms with E-state index in [9.17, 15) is 0 Å². The quantitative estimate of drug-likeness (QED) is 0.835. The van der Waals surface area contributed by atoms with Crippen molar-refractivity contribution in [1.82, 2.24) is 10.6 Å². The number of piperidine rings is 1. The fourth-order valence-electron chi connectivity index (χ4n) is 5.40. The van der Waals surface area contributed by atoms with Gasteiger partial charge in [-0.3, -0.25) is 0 Å². The van der Waals surface area contributed by atoms with Crippen LogP contribution in [-0.4, -0.2) is 35.9 Å². The summed E-state index contributed by atoms with van der Waals surface area (Å²) < 4.78 is 5.98. The van der Waals surface area contributed by atoms with E-state index in [4.69, 9.17) is 4.74 Å². The van der Waals surface area contributed by atoms with Gasteiger partial charge in [0, 0.05) is 35.2 Å². The lowest BCUT2D eigenvalue weighted by atomic mass is 9.50. The van der Waals surface area contributed by atoms with Crippen LogP contribution in [-0.2, 0) is 4.74 Å². The molecule has 21 heavy (non-hydrogen) atoms. The van der Waals surface area contributed by atoms with Gasteiger partial charge in [0.2, 0.25) is 0 Å². The summed E-state index contributed by atoms with van der Waals surface area (Å²) in [4.78, 5) is 0. The molecule has 2 atom stereocenters. The Kier molecular flexibility index (Phi) is 3.91. The molecule has 1 heterocycles. The van der Waals surface area contributed by atoms with Crippen LogP contribution in [0, 0.1) is 5.41 Å². The molecule has 2 aliphatic carbocycles. The molecule has 1 spiro atoms. The van der Waals surface area contributed by atoms with Crippen LogP contribution in [0.5, 0.6) is 0 Å². The first-order chi connectivity index (χ1) is 9.76. The first-order valence-electron chi connectivity index (χ1n) is 8.93. The molecule has 0 radical (unpaired) electrons. The molecule has 0 aromatic carbocycles. The molecule has 3 aliphatic rings. The second kappa shape index (κ2) is 5.21. The molecule has 1 aliphatic heterocycles. The van der Waals surface area contributed by atoms with Crippen LogP contribution >= 0.6 is 0 Å². The maximum atomic E-state index is 5.98. The third-order valence-corrected chi connectivity index (χ3v) is 6.06. The molecule has 0 aromatic heterocycles. The van der Waals surface area contributed by atoms with Crippen molar-refractivity contribution in [3.63, 3.8) is 0 Å². The summed E-state index contributed by atoms with van der Waals surface area (Å²) in [6, 6.07) is 1.33. The topological polar surface area (TPSA) is 33.3 Å². The predicted molar refractivity (Wildman–Crippen MR) is 87.6 cm³/mol. The fourth-order valence-corrected chi connectivity index (χ4v) is 5.40. The van der Waals surface area contributed by atoms with E-state index in [2.05, 4.69) is 45.3 Å². The highest BCUT2D eigenvalue weighted by Crippen LogP contribution is 2.57. The summed E-state index contributed by atoms with van der Waals surface area (Å²) in [5.74, 6) is 0. The number of hydrogen-bond donors (Lipinski definition) is 2. The van der Waals surface area contributed by atoms with Gasteiger partial charge < -0.3 is 15.4 Å². The zero-order valence-corrected chi connectivity index (χ0v) is 14.6. The molecule has 2 saturated carbocycles. The summed E-state index contributed by atoms with van der Waals surface area (Å²) in [5, 5.41) is 7.81. The van der Waals surface area contributed by atoms with E-state index in [1.165, 1.54) is 38.5 Å². The van der Waals surface area contributed by atoms with E-state index in [0.29, 0.717) is 23.6 Å². The van der Waals surface area contributed by atoms with E-state index in [0.717, 1.165) is 6.61 Å². The molecule has 3 heteroatoms. The van der Waals surface area contributed by atoms with Crippen molar-refractivity contribution in [2.75, 3.05) is 6.61 Å². The SMILES string of the molecule is CCO[C@@H]1C[C@H](NC2CC(C)(C)NC(C)(C)C2)C12CCC2. The van der Waals surface area contributed by atoms with Crippen molar-refractivity contribution < 1.29 is 4.74 Å². The van der Waals surface area contributed by atoms with E-state index >= 15 is 0 Å². The van der Waals surface area contributed by atoms with Crippen LogP contribution in [0.15, 0.2) is 0 Å². The van der Waals surface area contributed by atoms with Gasteiger partial charge in [-0.2, -0.15) is 0 Å². The van der Waals surface area contributed by atoms with Crippen LogP contribution < -0.4 is 10.6 Å². The second-order valence-electron chi connectivity index (χ2n) is 8.98. The lowest BCUT2D eigenvalue weighted by molar-refractivity contribution is -0.176. The maximum absolute atomic E-state index is 5.98. The Morgan fingerprint density at radius 1 is 1.10 bits per heavy atom. The zero-order valence-electron chi connectivity index (χ0n) is 14.6. The van der Waals surface area contributed by atoms with Gasteiger partial charge in [0.05, 0.1) is 6.10 Å². The van der Waals surface area contributed by atoms with Crippen molar-refractivity contribution >= 4 is 0 Å². The lowest BCUT2D eigenvalue weighted by Crippen LogP contribution is -2.70. The minimum atomic E-state index is 0.231. The number of nitrogens with one attached hydrogen (secondary N) is 2. The fraction of sp³-hybridized carbons (Fsp3) is 1.00. The molecule has 0 aromatic rings. The Balaban J connectivity index is 1.62. The lowest BCUT2D eigenvalue weighted by Gasteiger charge is -2.62. The Hall–Kier alpha value is -0.120. The summed E-state index contributed by atoms with van der Waals surface area (Å²) in [7, 11) is 0. The Labute approximate surface area is 130 Å². The van der Waals surface area contributed by atoms with Crippen molar-refractivity contribution in [1.29, 1.82) is 0 Å². The van der Waals surface area contributed by atoms with Gasteiger partial charge in [-0.25, -0.2) is 0 Å². The number of ether oxygens (including phenoxy) is 1. The zero-order chi connectivity index (χ0) is 15.3. The van der Waals surface area contributed by atoms with E-state index in [1.807, 2.05) is 0 Å². The molecule has 0 bridgehead atoms. The summed E-state index contributed by atoms with van der Waals surface area (Å²) in [6.45, 7) is 12.4. The highest BCUT2D eigenvalue weighted by Gasteiger charge is 2.59. The standard InChI is InChI=1S/C18H34N2O/c1-6-21-15-10-14(18(15)8-7-9-18)19-13-11-16(2,3)20-17(4,5)12-13/h13-15,19-20H,6-12H2,1-5H3/t14-,15+/m0/s1. The first-order valence-corrected chi connectivity index (χ1v) is 8.93. The van der Waals surface area contributed by atoms with Crippen molar-refractivity contribution in [2.45, 2.75) is 102 Å². The highest BCUT2D eigenvalue weighted by atomic mass is 16.5. The summed E-state index contributed by atoms with van der Waals surface area (Å²) in [6.07, 6.45) is 8.32. The highest BCUT2D eigenvalue weighted by molar-refractivity contribution is 5.13. The maximum Gasteiger partial charge on any atom is 0.0661 e. The first kappa shape index (κ1) is 15.8. The Morgan fingerprint density at radius 3 is 2.19 bits per heavy atom. The van der Waals surface area contributed by atoms with Gasteiger partial charge in [-0.1, -0.05) is 6.42 Å². The third kappa shape index (κ3) is 2.89. The van der Waals surface area contributed by atoms with Gasteiger partial charge in [-0.05, 0) is 66.7 Å². The van der Waals surface area contributed by atoms with Crippen LogP contribution in [0.2, 0.25) is 0 Å². The monoisotopic (exact) mass is 294 g/mol. The third-order valence-electron chi connectivity index (χ3n) is 6.06. The second-order valence-corrected chi connectivity index (χ2v) is 8.98. The molecule has 0 amide bonds. The molecule has 3 fully saturated rings. The van der Waals surface area contributed by atoms with Gasteiger partial charge in [0.1, 0.15) is 0 Å². The van der Waals surface area contributed by atoms with E-state index in [-0.39, 0.29) is 11.1 Å². The van der Waals surface area contributed by atoms with Crippen LogP contribution in [0.4, 0.5) is 0 Å². The van der Waals surface area contributed by atoms with Gasteiger partial charge in [0.25, 0.3) is 0 Å². The molecule has 122 valence electrons. The molecular formula is C18H34N2O. The molecule has 1 saturated heterocycles. The predicted octanol–water partition coefficient (Wildman–Crippen LogP) is 3.23. The van der Waals surface area contributed by atoms with Crippen molar-refractivity contribution in [2.24, 2.45) is 5.41 Å². The molecule has 3 rings (SSSR count). The smallest absolute Gasteiger partial charge is 0.0661 e. The normalized spacial score (nSPS) is 37.0. The number of hydrogen-bond acceptors (Lipinski definition) is 3. The summed E-state index contributed by atoms with van der Waals surface area (Å²) >= 11 is 0. The summed E-state index contributed by atoms with van der Waals surface area (Å²) in [5.41, 5.74) is 0.944. The Bertz CT molecular complexity index is 371. The van der Waals surface area contributed by atoms with E-state index in [1.54, 1.807) is 0 Å². The van der Waals surface area contributed by atoms with Crippen molar-refractivity contribution in [3.8, 4) is 0 Å².